The van der Waals surface area contributed by atoms with E-state index in [1.807, 2.05) is 19.9 Å². The molecular weight excluding hydrogens is 246 g/mol. The molecule has 102 valence electrons. The van der Waals surface area contributed by atoms with Crippen molar-refractivity contribution >= 4 is 17.2 Å². The molecule has 0 aliphatic carbocycles. The lowest BCUT2D eigenvalue weighted by Gasteiger charge is -2.06. The van der Waals surface area contributed by atoms with Crippen molar-refractivity contribution in [3.8, 4) is 0 Å². The molecule has 3 nitrogen and oxygen atoms in total. The molecule has 1 N–H and O–H groups in total. The zero-order valence-electron chi connectivity index (χ0n) is 11.7. The molecule has 0 saturated heterocycles. The van der Waals surface area contributed by atoms with Crippen molar-refractivity contribution in [3.63, 3.8) is 0 Å². The van der Waals surface area contributed by atoms with Crippen LogP contribution in [0.2, 0.25) is 0 Å². The Hall–Kier alpha value is -0.870. The molecule has 0 atom stereocenters. The van der Waals surface area contributed by atoms with Crippen LogP contribution >= 0.6 is 11.3 Å². The van der Waals surface area contributed by atoms with Crippen LogP contribution in [0.5, 0.6) is 0 Å². The summed E-state index contributed by atoms with van der Waals surface area (Å²) >= 11 is 1.58. The quantitative estimate of drug-likeness (QED) is 0.768. The Morgan fingerprint density at radius 3 is 2.72 bits per heavy atom. The highest BCUT2D eigenvalue weighted by atomic mass is 32.1. The van der Waals surface area contributed by atoms with Crippen molar-refractivity contribution in [2.45, 2.75) is 47.0 Å². The summed E-state index contributed by atoms with van der Waals surface area (Å²) in [6.07, 6.45) is 3.14. The van der Waals surface area contributed by atoms with Gasteiger partial charge in [0.1, 0.15) is 0 Å². The Kier molecular flexibility index (Phi) is 6.36. The Morgan fingerprint density at radius 2 is 2.17 bits per heavy atom. The highest BCUT2D eigenvalue weighted by molar-refractivity contribution is 7.14. The van der Waals surface area contributed by atoms with Crippen LogP contribution in [0.15, 0.2) is 6.07 Å². The van der Waals surface area contributed by atoms with Crippen LogP contribution in [0.25, 0.3) is 0 Å². The first-order valence-corrected chi connectivity index (χ1v) is 7.43. The molecule has 0 fully saturated rings. The molecule has 0 bridgehead atoms. The van der Waals surface area contributed by atoms with E-state index in [1.165, 1.54) is 10.4 Å². The van der Waals surface area contributed by atoms with E-state index in [0.29, 0.717) is 12.5 Å². The van der Waals surface area contributed by atoms with E-state index in [4.69, 9.17) is 4.84 Å². The Balaban J connectivity index is 2.62. The van der Waals surface area contributed by atoms with Gasteiger partial charge in [-0.25, -0.2) is 5.48 Å². The number of hydrogen-bond donors (Lipinski definition) is 1. The van der Waals surface area contributed by atoms with E-state index in [2.05, 4.69) is 19.3 Å². The average Bonchev–Trinajstić information content (AvgIpc) is 2.72. The molecule has 0 aromatic carbocycles. The van der Waals surface area contributed by atoms with Gasteiger partial charge in [0.15, 0.2) is 0 Å². The summed E-state index contributed by atoms with van der Waals surface area (Å²) in [6.45, 7) is 8.92. The fourth-order valence-corrected chi connectivity index (χ4v) is 2.88. The number of carbonyl (C=O) groups is 1. The summed E-state index contributed by atoms with van der Waals surface area (Å²) in [5.41, 5.74) is 3.80. The van der Waals surface area contributed by atoms with Gasteiger partial charge >= 0.3 is 0 Å². The van der Waals surface area contributed by atoms with E-state index >= 15 is 0 Å². The van der Waals surface area contributed by atoms with Crippen LogP contribution in [0.1, 0.15) is 54.2 Å². The monoisotopic (exact) mass is 269 g/mol. The first-order valence-electron chi connectivity index (χ1n) is 6.62. The second kappa shape index (κ2) is 7.54. The fourth-order valence-electron chi connectivity index (χ4n) is 1.64. The van der Waals surface area contributed by atoms with Gasteiger partial charge in [0, 0.05) is 4.88 Å². The maximum absolute atomic E-state index is 11.9. The second-order valence-electron chi connectivity index (χ2n) is 4.80. The average molecular weight is 269 g/mol. The van der Waals surface area contributed by atoms with E-state index < -0.39 is 0 Å². The van der Waals surface area contributed by atoms with Crippen LogP contribution in [0.3, 0.4) is 0 Å². The summed E-state index contributed by atoms with van der Waals surface area (Å²) in [5.74, 6) is 0.285. The fraction of sp³-hybridized carbons (Fsp3) is 0.643. The SMILES string of the molecule is CCCc1sc(C(=O)NOCC(C)C)cc1CC. The minimum Gasteiger partial charge on any atom is -0.273 e. The Bertz CT molecular complexity index is 385. The molecule has 18 heavy (non-hydrogen) atoms. The molecule has 1 aromatic heterocycles. The molecule has 1 amide bonds. The van der Waals surface area contributed by atoms with E-state index in [0.717, 1.165) is 24.1 Å². The molecule has 1 heterocycles. The molecule has 1 aromatic rings. The van der Waals surface area contributed by atoms with Crippen molar-refractivity contribution in [2.24, 2.45) is 5.92 Å². The summed E-state index contributed by atoms with van der Waals surface area (Å²) in [7, 11) is 0. The van der Waals surface area contributed by atoms with E-state index in [-0.39, 0.29) is 5.91 Å². The van der Waals surface area contributed by atoms with Crippen LogP contribution in [0, 0.1) is 5.92 Å². The van der Waals surface area contributed by atoms with Crippen LogP contribution in [0.4, 0.5) is 0 Å². The largest absolute Gasteiger partial charge is 0.284 e. The lowest BCUT2D eigenvalue weighted by atomic mass is 10.1. The maximum Gasteiger partial charge on any atom is 0.284 e. The number of aryl methyl sites for hydroxylation is 2. The third-order valence-corrected chi connectivity index (χ3v) is 3.80. The zero-order valence-corrected chi connectivity index (χ0v) is 12.5. The molecule has 0 unspecified atom stereocenters. The standard InChI is InChI=1S/C14H23NO2S/c1-5-7-12-11(6-2)8-13(18-12)14(16)15-17-9-10(3)4/h8,10H,5-7,9H2,1-4H3,(H,15,16). The van der Waals surface area contributed by atoms with Crippen LogP contribution in [-0.2, 0) is 17.7 Å². The van der Waals surface area contributed by atoms with Gasteiger partial charge in [-0.1, -0.05) is 34.1 Å². The third kappa shape index (κ3) is 4.42. The molecule has 0 radical (unpaired) electrons. The summed E-state index contributed by atoms with van der Waals surface area (Å²) in [5, 5.41) is 0. The maximum atomic E-state index is 11.9. The topological polar surface area (TPSA) is 38.3 Å². The van der Waals surface area contributed by atoms with Gasteiger partial charge in [-0.3, -0.25) is 9.63 Å². The second-order valence-corrected chi connectivity index (χ2v) is 5.94. The molecule has 4 heteroatoms. The number of hydrogen-bond acceptors (Lipinski definition) is 3. The van der Waals surface area contributed by atoms with Gasteiger partial charge in [0.05, 0.1) is 11.5 Å². The highest BCUT2D eigenvalue weighted by Gasteiger charge is 2.13. The van der Waals surface area contributed by atoms with Gasteiger partial charge in [-0.2, -0.15) is 0 Å². The number of nitrogens with one attached hydrogen (secondary N) is 1. The van der Waals surface area contributed by atoms with Crippen molar-refractivity contribution in [1.29, 1.82) is 0 Å². The minimum atomic E-state index is -0.127. The number of hydroxylamine groups is 1. The lowest BCUT2D eigenvalue weighted by molar-refractivity contribution is 0.0212. The molecular formula is C14H23NO2S. The highest BCUT2D eigenvalue weighted by Crippen LogP contribution is 2.24. The number of carbonyl (C=O) groups excluding carboxylic acids is 1. The van der Waals surface area contributed by atoms with Crippen molar-refractivity contribution in [3.05, 3.63) is 21.4 Å². The predicted octanol–water partition coefficient (Wildman–Crippen LogP) is 3.58. The van der Waals surface area contributed by atoms with E-state index in [1.54, 1.807) is 11.3 Å². The van der Waals surface area contributed by atoms with Crippen molar-refractivity contribution in [1.82, 2.24) is 5.48 Å². The number of thiophene rings is 1. The summed E-state index contributed by atoms with van der Waals surface area (Å²) in [6, 6.07) is 1.99. The molecule has 0 saturated carbocycles. The van der Waals surface area contributed by atoms with Crippen molar-refractivity contribution in [2.75, 3.05) is 6.61 Å². The van der Waals surface area contributed by atoms with Crippen LogP contribution in [-0.4, -0.2) is 12.5 Å². The zero-order chi connectivity index (χ0) is 13.5. The Morgan fingerprint density at radius 1 is 1.44 bits per heavy atom. The van der Waals surface area contributed by atoms with Crippen molar-refractivity contribution < 1.29 is 9.63 Å². The first kappa shape index (κ1) is 15.2. The number of rotatable bonds is 7. The molecule has 0 aliphatic heterocycles. The first-order chi connectivity index (χ1) is 8.58. The van der Waals surface area contributed by atoms with Gasteiger partial charge in [0.25, 0.3) is 5.91 Å². The minimum absolute atomic E-state index is 0.127. The smallest absolute Gasteiger partial charge is 0.273 e. The third-order valence-electron chi connectivity index (χ3n) is 2.56. The summed E-state index contributed by atoms with van der Waals surface area (Å²) < 4.78 is 0. The van der Waals surface area contributed by atoms with Gasteiger partial charge in [-0.05, 0) is 30.4 Å². The van der Waals surface area contributed by atoms with Gasteiger partial charge in [0.2, 0.25) is 0 Å². The predicted molar refractivity (Wildman–Crippen MR) is 75.9 cm³/mol. The number of amides is 1. The molecule has 0 spiro atoms. The molecule has 0 aliphatic rings. The van der Waals surface area contributed by atoms with Gasteiger partial charge < -0.3 is 0 Å². The Labute approximate surface area is 114 Å². The molecule has 1 rings (SSSR count). The van der Waals surface area contributed by atoms with E-state index in [9.17, 15) is 4.79 Å². The van der Waals surface area contributed by atoms with Gasteiger partial charge in [-0.15, -0.1) is 11.3 Å². The van der Waals surface area contributed by atoms with Crippen LogP contribution < -0.4 is 5.48 Å². The summed E-state index contributed by atoms with van der Waals surface area (Å²) in [4.78, 5) is 19.1. The normalized spacial score (nSPS) is 10.9. The lowest BCUT2D eigenvalue weighted by Crippen LogP contribution is -2.24.